The fraction of sp³-hybridized carbons (Fsp3) is 0.154. The molecule has 0 radical (unpaired) electrons. The lowest BCUT2D eigenvalue weighted by atomic mass is 10.1. The van der Waals surface area contributed by atoms with Gasteiger partial charge in [0.15, 0.2) is 0 Å². The van der Waals surface area contributed by atoms with E-state index in [1.54, 1.807) is 35.4 Å². The maximum Gasteiger partial charge on any atom is 0.133 e. The topological polar surface area (TPSA) is 114 Å². The minimum atomic E-state index is -0.959. The molecule has 0 fully saturated rings. The summed E-state index contributed by atoms with van der Waals surface area (Å²) in [6.07, 6.45) is 0.658. The molecule has 3 rings (SSSR count). The van der Waals surface area contributed by atoms with Crippen molar-refractivity contribution in [2.75, 3.05) is 4.90 Å². The molecule has 0 bridgehead atoms. The summed E-state index contributed by atoms with van der Waals surface area (Å²) >= 11 is 0. The van der Waals surface area contributed by atoms with Crippen LogP contribution in [-0.2, 0) is 0 Å². The smallest absolute Gasteiger partial charge is 0.133 e. The van der Waals surface area contributed by atoms with E-state index in [9.17, 15) is 4.39 Å². The van der Waals surface area contributed by atoms with Gasteiger partial charge in [-0.3, -0.25) is 0 Å². The Balaban J connectivity index is 2.26. The van der Waals surface area contributed by atoms with Crippen LogP contribution in [0, 0.1) is 5.82 Å². The first-order valence-electron chi connectivity index (χ1n) is 6.35. The molecule has 0 amide bonds. The Labute approximate surface area is 124 Å². The van der Waals surface area contributed by atoms with Crippen molar-refractivity contribution in [1.82, 2.24) is 4.98 Å². The minimum Gasteiger partial charge on any atom is -0.316 e. The number of hydrogen-bond donors (Lipinski definition) is 0. The molecule has 0 saturated carbocycles. The lowest BCUT2D eigenvalue weighted by Crippen LogP contribution is -2.27. The van der Waals surface area contributed by atoms with Crippen LogP contribution >= 0.6 is 0 Å². The molecule has 0 aliphatic carbocycles. The number of aromatic nitrogens is 1. The van der Waals surface area contributed by atoms with Gasteiger partial charge >= 0.3 is 0 Å². The lowest BCUT2D eigenvalue weighted by Gasteiger charge is -2.24. The molecule has 0 spiro atoms. The van der Waals surface area contributed by atoms with Crippen LogP contribution in [0.4, 0.5) is 15.9 Å². The molecule has 8 nitrogen and oxygen atoms in total. The molecular formula is C13H9FN8. The first-order valence-corrected chi connectivity index (χ1v) is 6.35. The van der Waals surface area contributed by atoms with E-state index in [4.69, 9.17) is 11.1 Å². The zero-order valence-corrected chi connectivity index (χ0v) is 11.2. The molecule has 2 atom stereocenters. The molecule has 1 aliphatic rings. The largest absolute Gasteiger partial charge is 0.316 e. The third kappa shape index (κ3) is 2.07. The molecule has 2 aromatic rings. The highest BCUT2D eigenvalue weighted by molar-refractivity contribution is 5.70. The van der Waals surface area contributed by atoms with Crippen molar-refractivity contribution in [2.45, 2.75) is 12.2 Å². The summed E-state index contributed by atoms with van der Waals surface area (Å²) in [5.41, 5.74) is 18.2. The van der Waals surface area contributed by atoms with Crippen molar-refractivity contribution in [3.63, 3.8) is 0 Å². The van der Waals surface area contributed by atoms with Crippen LogP contribution in [0.15, 0.2) is 52.8 Å². The van der Waals surface area contributed by atoms with Gasteiger partial charge in [-0.25, -0.2) is 9.37 Å². The van der Waals surface area contributed by atoms with Gasteiger partial charge in [0.1, 0.15) is 17.8 Å². The number of anilines is 2. The summed E-state index contributed by atoms with van der Waals surface area (Å²) in [4.78, 5) is 11.3. The minimum absolute atomic E-state index is 0.198. The molecule has 108 valence electrons. The molecule has 9 heteroatoms. The normalized spacial score (nSPS) is 19.0. The van der Waals surface area contributed by atoms with Gasteiger partial charge in [-0.1, -0.05) is 22.4 Å². The maximum absolute atomic E-state index is 14.2. The average molecular weight is 296 g/mol. The molecule has 0 N–H and O–H groups in total. The summed E-state index contributed by atoms with van der Waals surface area (Å²) in [6.45, 7) is 0. The summed E-state index contributed by atoms with van der Waals surface area (Å²) in [6, 6.07) is 8.71. The highest BCUT2D eigenvalue weighted by Crippen LogP contribution is 2.47. The van der Waals surface area contributed by atoms with Gasteiger partial charge in [0.25, 0.3) is 0 Å². The zero-order valence-electron chi connectivity index (χ0n) is 11.2. The lowest BCUT2D eigenvalue weighted by molar-refractivity contribution is 0.547. The quantitative estimate of drug-likeness (QED) is 0.475. The Kier molecular flexibility index (Phi) is 3.49. The fourth-order valence-corrected chi connectivity index (χ4v) is 2.56. The summed E-state index contributed by atoms with van der Waals surface area (Å²) < 4.78 is 14.2. The molecule has 1 aliphatic heterocycles. The van der Waals surface area contributed by atoms with Crippen LogP contribution in [0.2, 0.25) is 0 Å². The van der Waals surface area contributed by atoms with Crippen molar-refractivity contribution in [1.29, 1.82) is 0 Å². The van der Waals surface area contributed by atoms with Crippen molar-refractivity contribution >= 4 is 11.5 Å². The van der Waals surface area contributed by atoms with Gasteiger partial charge in [0.2, 0.25) is 0 Å². The molecule has 2 unspecified atom stereocenters. The predicted octanol–water partition coefficient (Wildman–Crippen LogP) is 4.36. The van der Waals surface area contributed by atoms with E-state index < -0.39 is 18.0 Å². The van der Waals surface area contributed by atoms with Crippen molar-refractivity contribution < 1.29 is 4.39 Å². The van der Waals surface area contributed by atoms with Gasteiger partial charge in [0.05, 0.1) is 6.04 Å². The Morgan fingerprint density at radius 3 is 2.59 bits per heavy atom. The van der Waals surface area contributed by atoms with Gasteiger partial charge in [-0.15, -0.1) is 0 Å². The molecule has 1 aromatic heterocycles. The summed E-state index contributed by atoms with van der Waals surface area (Å²) in [7, 11) is 0. The second kappa shape index (κ2) is 5.61. The second-order valence-electron chi connectivity index (χ2n) is 4.50. The van der Waals surface area contributed by atoms with E-state index in [2.05, 4.69) is 25.0 Å². The van der Waals surface area contributed by atoms with E-state index in [1.165, 1.54) is 12.1 Å². The standard InChI is InChI=1S/C13H9FN8/c14-8-4-3-5-9-11(8)12(18-20-15)13(19-21-16)22(9)10-6-1-2-7-17-10/h1-7,12-13H. The Morgan fingerprint density at radius 2 is 1.91 bits per heavy atom. The zero-order chi connectivity index (χ0) is 15.5. The van der Waals surface area contributed by atoms with E-state index in [0.717, 1.165) is 0 Å². The maximum atomic E-state index is 14.2. The first-order chi connectivity index (χ1) is 10.8. The monoisotopic (exact) mass is 296 g/mol. The molecule has 2 heterocycles. The van der Waals surface area contributed by atoms with E-state index >= 15 is 0 Å². The van der Waals surface area contributed by atoms with Crippen molar-refractivity contribution in [3.8, 4) is 0 Å². The third-order valence-electron chi connectivity index (χ3n) is 3.37. The number of fused-ring (bicyclic) bond motifs is 1. The van der Waals surface area contributed by atoms with Crippen LogP contribution in [0.3, 0.4) is 0 Å². The van der Waals surface area contributed by atoms with Crippen molar-refractivity contribution in [3.05, 3.63) is 74.9 Å². The number of nitrogens with zero attached hydrogens (tertiary/aromatic N) is 8. The number of halogens is 1. The average Bonchev–Trinajstić information content (AvgIpc) is 2.84. The van der Waals surface area contributed by atoms with E-state index in [-0.39, 0.29) is 5.56 Å². The molecule has 1 aromatic carbocycles. The molecule has 22 heavy (non-hydrogen) atoms. The van der Waals surface area contributed by atoms with E-state index in [0.29, 0.717) is 11.5 Å². The predicted molar refractivity (Wildman–Crippen MR) is 77.6 cm³/mol. The molecule has 0 saturated heterocycles. The Bertz CT molecular complexity index is 795. The van der Waals surface area contributed by atoms with Gasteiger partial charge in [-0.05, 0) is 35.3 Å². The number of pyridine rings is 1. The Morgan fingerprint density at radius 1 is 1.09 bits per heavy atom. The first kappa shape index (κ1) is 13.7. The summed E-state index contributed by atoms with van der Waals surface area (Å²) in [5.74, 6) is -0.0474. The third-order valence-corrected chi connectivity index (χ3v) is 3.37. The van der Waals surface area contributed by atoms with Gasteiger partial charge in [-0.2, -0.15) is 0 Å². The second-order valence-corrected chi connectivity index (χ2v) is 4.50. The fourth-order valence-electron chi connectivity index (χ4n) is 2.56. The Hall–Kier alpha value is -3.28. The van der Waals surface area contributed by atoms with Crippen LogP contribution in [0.25, 0.3) is 20.9 Å². The number of azide groups is 2. The highest BCUT2D eigenvalue weighted by atomic mass is 19.1. The van der Waals surface area contributed by atoms with Gasteiger partial charge in [0, 0.05) is 27.3 Å². The van der Waals surface area contributed by atoms with Crippen LogP contribution < -0.4 is 4.90 Å². The van der Waals surface area contributed by atoms with Crippen molar-refractivity contribution in [2.24, 2.45) is 10.2 Å². The molecular weight excluding hydrogens is 287 g/mol. The van der Waals surface area contributed by atoms with Crippen LogP contribution in [0.1, 0.15) is 11.6 Å². The van der Waals surface area contributed by atoms with Gasteiger partial charge < -0.3 is 4.90 Å². The van der Waals surface area contributed by atoms with Crippen LogP contribution in [-0.4, -0.2) is 11.1 Å². The number of hydrogen-bond acceptors (Lipinski definition) is 4. The SMILES string of the molecule is [N-]=[N+]=NC1c2c(F)cccc2N(c2ccccn2)C1N=[N+]=[N-]. The number of rotatable bonds is 3. The van der Waals surface area contributed by atoms with Crippen LogP contribution in [0.5, 0.6) is 0 Å². The van der Waals surface area contributed by atoms with E-state index in [1.807, 2.05) is 0 Å². The number of benzene rings is 1. The summed E-state index contributed by atoms with van der Waals surface area (Å²) in [5, 5.41) is 7.28. The highest BCUT2D eigenvalue weighted by Gasteiger charge is 2.40.